The number of methoxy groups -OCH3 is 1. The summed E-state index contributed by atoms with van der Waals surface area (Å²) >= 11 is 1.54. The lowest BCUT2D eigenvalue weighted by Crippen LogP contribution is -2.01. The second-order valence-corrected chi connectivity index (χ2v) is 6.65. The molecule has 0 atom stereocenters. The first kappa shape index (κ1) is 15.6. The molecule has 0 unspecified atom stereocenters. The Morgan fingerprint density at radius 3 is 2.68 bits per heavy atom. The van der Waals surface area contributed by atoms with Crippen molar-refractivity contribution in [3.05, 3.63) is 59.4 Å². The molecule has 4 rings (SSSR count). The fourth-order valence-corrected chi connectivity index (χ4v) is 3.45. The molecule has 0 aliphatic rings. The molecule has 0 saturated heterocycles. The molecule has 0 fully saturated rings. The molecule has 0 spiro atoms. The molecule has 0 radical (unpaired) electrons. The van der Waals surface area contributed by atoms with E-state index in [-0.39, 0.29) is 0 Å². The van der Waals surface area contributed by atoms with E-state index in [1.54, 1.807) is 7.11 Å². The van der Waals surface area contributed by atoms with Crippen molar-refractivity contribution in [2.75, 3.05) is 12.4 Å². The number of hydrogen-bond acceptors (Lipinski definition) is 6. The van der Waals surface area contributed by atoms with Crippen molar-refractivity contribution in [3.8, 4) is 5.75 Å². The highest BCUT2D eigenvalue weighted by Crippen LogP contribution is 2.24. The smallest absolute Gasteiger partial charge is 0.210 e. The van der Waals surface area contributed by atoms with Crippen LogP contribution in [0.25, 0.3) is 11.0 Å². The predicted molar refractivity (Wildman–Crippen MR) is 99.8 cm³/mol. The summed E-state index contributed by atoms with van der Waals surface area (Å²) in [6.07, 6.45) is 0. The quantitative estimate of drug-likeness (QED) is 0.589. The van der Waals surface area contributed by atoms with E-state index in [1.165, 1.54) is 11.3 Å². The van der Waals surface area contributed by atoms with Gasteiger partial charge < -0.3 is 14.6 Å². The lowest BCUT2D eigenvalue weighted by atomic mass is 10.3. The summed E-state index contributed by atoms with van der Waals surface area (Å²) in [5.41, 5.74) is 3.06. The van der Waals surface area contributed by atoms with Gasteiger partial charge in [0.25, 0.3) is 0 Å². The van der Waals surface area contributed by atoms with Crippen LogP contribution in [0.1, 0.15) is 10.8 Å². The van der Waals surface area contributed by atoms with E-state index < -0.39 is 0 Å². The Labute approximate surface area is 149 Å². The monoisotopic (exact) mass is 351 g/mol. The maximum absolute atomic E-state index is 5.17. The van der Waals surface area contributed by atoms with Gasteiger partial charge in [-0.1, -0.05) is 23.5 Å². The SMILES string of the molecule is COc1ccc(Nc2nnc(Cn3c(C)nc4ccccc43)s2)cc1. The molecule has 7 heteroatoms. The summed E-state index contributed by atoms with van der Waals surface area (Å²) in [6, 6.07) is 15.8. The van der Waals surface area contributed by atoms with Crippen molar-refractivity contribution in [1.29, 1.82) is 0 Å². The second kappa shape index (κ2) is 6.52. The Bertz CT molecular complexity index is 1010. The van der Waals surface area contributed by atoms with Crippen LogP contribution in [0.5, 0.6) is 5.75 Å². The van der Waals surface area contributed by atoms with E-state index in [1.807, 2.05) is 49.4 Å². The third-order valence-electron chi connectivity index (χ3n) is 3.95. The topological polar surface area (TPSA) is 64.9 Å². The van der Waals surface area contributed by atoms with Crippen molar-refractivity contribution >= 4 is 33.2 Å². The van der Waals surface area contributed by atoms with E-state index in [0.717, 1.165) is 38.4 Å². The first-order valence-electron chi connectivity index (χ1n) is 7.88. The molecule has 4 aromatic rings. The standard InChI is InChI=1S/C18H17N5OS/c1-12-19-15-5-3-4-6-16(15)23(12)11-17-21-22-18(25-17)20-13-7-9-14(24-2)10-8-13/h3-10H,11H2,1-2H3,(H,20,22). The molecule has 25 heavy (non-hydrogen) atoms. The first-order chi connectivity index (χ1) is 12.2. The van der Waals surface area contributed by atoms with E-state index in [4.69, 9.17) is 4.74 Å². The molecule has 0 saturated carbocycles. The van der Waals surface area contributed by atoms with Gasteiger partial charge >= 0.3 is 0 Å². The van der Waals surface area contributed by atoms with Gasteiger partial charge in [0.1, 0.15) is 16.6 Å². The number of nitrogens with zero attached hydrogens (tertiary/aromatic N) is 4. The summed E-state index contributed by atoms with van der Waals surface area (Å²) in [4.78, 5) is 4.59. The van der Waals surface area contributed by atoms with Crippen LogP contribution in [0, 0.1) is 6.92 Å². The highest BCUT2D eigenvalue weighted by Gasteiger charge is 2.11. The van der Waals surface area contributed by atoms with E-state index in [0.29, 0.717) is 6.54 Å². The number of imidazole rings is 1. The number of para-hydroxylation sites is 2. The zero-order valence-electron chi connectivity index (χ0n) is 13.9. The summed E-state index contributed by atoms with van der Waals surface area (Å²) < 4.78 is 7.33. The Morgan fingerprint density at radius 2 is 1.88 bits per heavy atom. The van der Waals surface area contributed by atoms with E-state index >= 15 is 0 Å². The van der Waals surface area contributed by atoms with Gasteiger partial charge in [0.15, 0.2) is 0 Å². The fourth-order valence-electron chi connectivity index (χ4n) is 2.70. The summed E-state index contributed by atoms with van der Waals surface area (Å²) in [7, 11) is 1.65. The molecule has 1 N–H and O–H groups in total. The van der Waals surface area contributed by atoms with E-state index in [9.17, 15) is 0 Å². The molecule has 2 heterocycles. The van der Waals surface area contributed by atoms with Crippen molar-refractivity contribution in [2.45, 2.75) is 13.5 Å². The van der Waals surface area contributed by atoms with E-state index in [2.05, 4.69) is 31.1 Å². The van der Waals surface area contributed by atoms with Gasteiger partial charge in [-0.2, -0.15) is 0 Å². The van der Waals surface area contributed by atoms with Gasteiger partial charge in [-0.3, -0.25) is 0 Å². The molecule has 6 nitrogen and oxygen atoms in total. The Kier molecular flexibility index (Phi) is 4.07. The van der Waals surface area contributed by atoms with Crippen LogP contribution < -0.4 is 10.1 Å². The number of rotatable bonds is 5. The number of nitrogens with one attached hydrogen (secondary N) is 1. The van der Waals surface area contributed by atoms with Gasteiger partial charge in [-0.05, 0) is 43.3 Å². The fraction of sp³-hybridized carbons (Fsp3) is 0.167. The third-order valence-corrected chi connectivity index (χ3v) is 4.77. The molecular weight excluding hydrogens is 334 g/mol. The Hall–Kier alpha value is -2.93. The Morgan fingerprint density at radius 1 is 1.08 bits per heavy atom. The van der Waals surface area contributed by atoms with Crippen molar-refractivity contribution < 1.29 is 4.74 Å². The van der Waals surface area contributed by atoms with Crippen LogP contribution >= 0.6 is 11.3 Å². The van der Waals surface area contributed by atoms with Crippen LogP contribution in [0.4, 0.5) is 10.8 Å². The first-order valence-corrected chi connectivity index (χ1v) is 8.70. The maximum Gasteiger partial charge on any atom is 0.210 e. The minimum Gasteiger partial charge on any atom is -0.497 e. The molecule has 0 aliphatic carbocycles. The zero-order valence-corrected chi connectivity index (χ0v) is 14.7. The maximum atomic E-state index is 5.17. The minimum atomic E-state index is 0.661. The minimum absolute atomic E-state index is 0.661. The number of fused-ring (bicyclic) bond motifs is 1. The molecule has 0 aliphatic heterocycles. The summed E-state index contributed by atoms with van der Waals surface area (Å²) in [5, 5.41) is 13.5. The van der Waals surface area contributed by atoms with Crippen LogP contribution in [-0.2, 0) is 6.54 Å². The normalized spacial score (nSPS) is 11.0. The molecule has 2 aromatic carbocycles. The number of aryl methyl sites for hydroxylation is 1. The van der Waals surface area contributed by atoms with Crippen molar-refractivity contribution in [1.82, 2.24) is 19.7 Å². The molecule has 0 bridgehead atoms. The molecule has 126 valence electrons. The van der Waals surface area contributed by atoms with Gasteiger partial charge in [-0.15, -0.1) is 10.2 Å². The van der Waals surface area contributed by atoms with Gasteiger partial charge in [-0.25, -0.2) is 4.98 Å². The van der Waals surface area contributed by atoms with Crippen molar-refractivity contribution in [2.24, 2.45) is 0 Å². The van der Waals surface area contributed by atoms with Crippen LogP contribution in [0.3, 0.4) is 0 Å². The highest BCUT2D eigenvalue weighted by molar-refractivity contribution is 7.15. The molecular formula is C18H17N5OS. The second-order valence-electron chi connectivity index (χ2n) is 5.59. The third kappa shape index (κ3) is 3.18. The number of ether oxygens (including phenoxy) is 1. The average Bonchev–Trinajstić information content (AvgIpc) is 3.20. The van der Waals surface area contributed by atoms with Crippen molar-refractivity contribution in [3.63, 3.8) is 0 Å². The van der Waals surface area contributed by atoms with Gasteiger partial charge in [0, 0.05) is 5.69 Å². The number of hydrogen-bond donors (Lipinski definition) is 1. The summed E-state index contributed by atoms with van der Waals surface area (Å²) in [6.45, 7) is 2.67. The van der Waals surface area contributed by atoms with Crippen LogP contribution in [0.15, 0.2) is 48.5 Å². The number of benzene rings is 2. The number of anilines is 2. The Balaban J connectivity index is 1.53. The highest BCUT2D eigenvalue weighted by atomic mass is 32.1. The van der Waals surface area contributed by atoms with Crippen LogP contribution in [0.2, 0.25) is 0 Å². The lowest BCUT2D eigenvalue weighted by Gasteiger charge is -2.04. The summed E-state index contributed by atoms with van der Waals surface area (Å²) in [5.74, 6) is 1.80. The van der Waals surface area contributed by atoms with Gasteiger partial charge in [0.05, 0.1) is 24.7 Å². The average molecular weight is 351 g/mol. The lowest BCUT2D eigenvalue weighted by molar-refractivity contribution is 0.415. The van der Waals surface area contributed by atoms with Gasteiger partial charge in [0.2, 0.25) is 5.13 Å². The zero-order chi connectivity index (χ0) is 17.2. The predicted octanol–water partition coefficient (Wildman–Crippen LogP) is 4.00. The molecule has 2 aromatic heterocycles. The number of aromatic nitrogens is 4. The molecule has 0 amide bonds. The largest absolute Gasteiger partial charge is 0.497 e. The van der Waals surface area contributed by atoms with Crippen LogP contribution in [-0.4, -0.2) is 26.9 Å².